The molecule has 0 spiro atoms. The van der Waals surface area contributed by atoms with Gasteiger partial charge in [0.25, 0.3) is 0 Å². The quantitative estimate of drug-likeness (QED) is 0.718. The second-order valence-electron chi connectivity index (χ2n) is 8.39. The minimum absolute atomic E-state index is 0. The van der Waals surface area contributed by atoms with E-state index < -0.39 is 17.8 Å². The second-order valence-corrected chi connectivity index (χ2v) is 9.60. The van der Waals surface area contributed by atoms with E-state index in [0.717, 1.165) is 35.4 Å². The molecule has 29 heavy (non-hydrogen) atoms. The number of nitrogens with zero attached hydrogens (tertiary/aromatic N) is 1. The molecule has 1 aromatic carbocycles. The number of aryl methyl sites for hydroxylation is 1. The molecule has 4 unspecified atom stereocenters. The van der Waals surface area contributed by atoms with Crippen LogP contribution in [0.5, 0.6) is 0 Å². The van der Waals surface area contributed by atoms with Crippen LogP contribution in [-0.4, -0.2) is 16.9 Å². The van der Waals surface area contributed by atoms with E-state index in [1.54, 1.807) is 0 Å². The first kappa shape index (κ1) is 22.5. The van der Waals surface area contributed by atoms with Gasteiger partial charge in [0.2, 0.25) is 5.91 Å². The summed E-state index contributed by atoms with van der Waals surface area (Å²) in [5.74, 6) is -1.77. The third-order valence-electron chi connectivity index (χ3n) is 6.37. The van der Waals surface area contributed by atoms with Gasteiger partial charge in [-0.05, 0) is 49.5 Å². The molecule has 5 nitrogen and oxygen atoms in total. The maximum absolute atomic E-state index is 12.9. The Balaban J connectivity index is 0.00000240. The van der Waals surface area contributed by atoms with E-state index in [1.807, 2.05) is 6.92 Å². The number of nitrogens with one attached hydrogen (secondary N) is 1. The van der Waals surface area contributed by atoms with E-state index in [9.17, 15) is 14.7 Å². The number of benzene rings is 1. The first-order valence-corrected chi connectivity index (χ1v) is 10.8. The van der Waals surface area contributed by atoms with E-state index in [1.165, 1.54) is 16.9 Å². The number of amides is 1. The molecule has 2 aliphatic rings. The van der Waals surface area contributed by atoms with Gasteiger partial charge in [0, 0.05) is 28.2 Å². The van der Waals surface area contributed by atoms with Crippen molar-refractivity contribution in [1.82, 2.24) is 4.98 Å². The number of rotatable bonds is 5. The molecule has 2 aromatic rings. The van der Waals surface area contributed by atoms with Gasteiger partial charge in [-0.25, -0.2) is 4.98 Å². The number of carbonyl (C=O) groups is 2. The third kappa shape index (κ3) is 4.31. The summed E-state index contributed by atoms with van der Waals surface area (Å²) in [5.41, 5.74) is 3.15. The first-order valence-electron chi connectivity index (χ1n) is 9.94. The van der Waals surface area contributed by atoms with Crippen molar-refractivity contribution in [2.45, 2.75) is 46.0 Å². The van der Waals surface area contributed by atoms with Gasteiger partial charge in [-0.2, -0.15) is 0 Å². The van der Waals surface area contributed by atoms with Crippen LogP contribution < -0.4 is 40.0 Å². The SMILES string of the molecule is Cc1sc(NC(=O)C2C3CCC(C3)C2C(=O)[O-])nc1-c1ccc(C(C)C)cc1.[Na+]. The van der Waals surface area contributed by atoms with Crippen LogP contribution in [0.15, 0.2) is 24.3 Å². The van der Waals surface area contributed by atoms with Crippen LogP contribution in [0.2, 0.25) is 0 Å². The van der Waals surface area contributed by atoms with Crippen molar-refractivity contribution < 1.29 is 44.3 Å². The molecule has 0 aliphatic heterocycles. The number of carboxylic acids is 1. The van der Waals surface area contributed by atoms with Crippen molar-refractivity contribution >= 4 is 28.3 Å². The number of aromatic nitrogens is 1. The van der Waals surface area contributed by atoms with E-state index >= 15 is 0 Å². The Morgan fingerprint density at radius 2 is 1.76 bits per heavy atom. The fraction of sp³-hybridized carbons (Fsp3) is 0.500. The summed E-state index contributed by atoms with van der Waals surface area (Å²) < 4.78 is 0. The predicted molar refractivity (Wildman–Crippen MR) is 108 cm³/mol. The Kier molecular flexibility index (Phi) is 6.88. The summed E-state index contributed by atoms with van der Waals surface area (Å²) >= 11 is 1.43. The molecule has 1 heterocycles. The number of hydrogen-bond acceptors (Lipinski definition) is 5. The topological polar surface area (TPSA) is 82.1 Å². The van der Waals surface area contributed by atoms with Gasteiger partial charge in [0.15, 0.2) is 5.13 Å². The van der Waals surface area contributed by atoms with E-state index in [2.05, 4.69) is 48.4 Å². The Morgan fingerprint density at radius 1 is 1.14 bits per heavy atom. The molecule has 2 fully saturated rings. The van der Waals surface area contributed by atoms with Crippen LogP contribution in [-0.2, 0) is 9.59 Å². The molecule has 148 valence electrons. The van der Waals surface area contributed by atoms with Crippen LogP contribution in [0, 0.1) is 30.6 Å². The average Bonchev–Trinajstić information content (AvgIpc) is 3.35. The first-order chi connectivity index (χ1) is 13.3. The van der Waals surface area contributed by atoms with Gasteiger partial charge in [0.05, 0.1) is 5.69 Å². The molecule has 4 atom stereocenters. The fourth-order valence-corrected chi connectivity index (χ4v) is 5.78. The van der Waals surface area contributed by atoms with Crippen LogP contribution in [0.4, 0.5) is 5.13 Å². The average molecular weight is 421 g/mol. The van der Waals surface area contributed by atoms with Crippen molar-refractivity contribution in [3.05, 3.63) is 34.7 Å². The zero-order valence-corrected chi connectivity index (χ0v) is 20.2. The largest absolute Gasteiger partial charge is 1.00 e. The standard InChI is InChI=1S/C22H26N2O3S.Na/c1-11(2)13-4-6-14(7-5-13)19-12(3)28-22(23-19)24-20(25)17-15-8-9-16(10-15)18(17)21(26)27;/h4-7,11,15-18H,8-10H2,1-3H3,(H,26,27)(H,23,24,25);/q;+1/p-1. The normalized spacial score (nSPS) is 25.1. The van der Waals surface area contributed by atoms with Crippen molar-refractivity contribution in [2.24, 2.45) is 23.7 Å². The number of fused-ring (bicyclic) bond motifs is 2. The summed E-state index contributed by atoms with van der Waals surface area (Å²) in [6.45, 7) is 6.30. The van der Waals surface area contributed by atoms with Gasteiger partial charge >= 0.3 is 29.6 Å². The van der Waals surface area contributed by atoms with Crippen molar-refractivity contribution in [3.63, 3.8) is 0 Å². The van der Waals surface area contributed by atoms with Crippen LogP contribution >= 0.6 is 11.3 Å². The smallest absolute Gasteiger partial charge is 0.550 e. The summed E-state index contributed by atoms with van der Waals surface area (Å²) in [6.07, 6.45) is 2.64. The van der Waals surface area contributed by atoms with Gasteiger partial charge in [-0.15, -0.1) is 11.3 Å². The molecule has 2 bridgehead atoms. The number of anilines is 1. The predicted octanol–water partition coefficient (Wildman–Crippen LogP) is 0.597. The van der Waals surface area contributed by atoms with Crippen molar-refractivity contribution in [1.29, 1.82) is 0 Å². The summed E-state index contributed by atoms with van der Waals surface area (Å²) in [7, 11) is 0. The number of hydrogen-bond donors (Lipinski definition) is 1. The maximum atomic E-state index is 12.9. The number of carbonyl (C=O) groups excluding carboxylic acids is 2. The third-order valence-corrected chi connectivity index (χ3v) is 7.26. The van der Waals surface area contributed by atoms with Gasteiger partial charge in [-0.1, -0.05) is 38.1 Å². The molecular weight excluding hydrogens is 395 g/mol. The van der Waals surface area contributed by atoms with E-state index in [0.29, 0.717) is 11.0 Å². The molecule has 0 radical (unpaired) electrons. The number of aliphatic carboxylic acids is 1. The molecule has 2 saturated carbocycles. The monoisotopic (exact) mass is 420 g/mol. The van der Waals surface area contributed by atoms with Gasteiger partial charge in [0.1, 0.15) is 0 Å². The Labute approximate surface area is 197 Å². The van der Waals surface area contributed by atoms with Gasteiger partial charge < -0.3 is 15.2 Å². The Hall–Kier alpha value is -1.21. The molecule has 7 heteroatoms. The molecule has 1 N–H and O–H groups in total. The molecule has 0 saturated heterocycles. The zero-order chi connectivity index (χ0) is 20.0. The molecule has 4 rings (SSSR count). The minimum Gasteiger partial charge on any atom is -0.550 e. The molecule has 2 aliphatic carbocycles. The van der Waals surface area contributed by atoms with Crippen molar-refractivity contribution in [3.8, 4) is 11.3 Å². The minimum atomic E-state index is -1.09. The molecule has 1 aromatic heterocycles. The van der Waals surface area contributed by atoms with E-state index in [4.69, 9.17) is 0 Å². The Morgan fingerprint density at radius 3 is 2.34 bits per heavy atom. The summed E-state index contributed by atoms with van der Waals surface area (Å²) in [4.78, 5) is 30.1. The van der Waals surface area contributed by atoms with Crippen LogP contribution in [0.1, 0.15) is 49.5 Å². The van der Waals surface area contributed by atoms with Crippen molar-refractivity contribution in [2.75, 3.05) is 5.32 Å². The fourth-order valence-electron chi connectivity index (χ4n) is 4.94. The molecular formula is C22H25N2NaO3S. The van der Waals surface area contributed by atoms with E-state index in [-0.39, 0.29) is 47.3 Å². The summed E-state index contributed by atoms with van der Waals surface area (Å²) in [5, 5.41) is 15.0. The number of carboxylic acid groups (broad SMARTS) is 1. The summed E-state index contributed by atoms with van der Waals surface area (Å²) in [6, 6.07) is 8.34. The molecule has 1 amide bonds. The maximum Gasteiger partial charge on any atom is 1.00 e. The zero-order valence-electron chi connectivity index (χ0n) is 17.4. The van der Waals surface area contributed by atoms with Crippen LogP contribution in [0.25, 0.3) is 11.3 Å². The van der Waals surface area contributed by atoms with Gasteiger partial charge in [-0.3, -0.25) is 4.79 Å². The van der Waals surface area contributed by atoms with Crippen LogP contribution in [0.3, 0.4) is 0 Å². The second kappa shape index (κ2) is 8.88. The Bertz CT molecular complexity index is 909. The number of thiazole rings is 1.